The van der Waals surface area contributed by atoms with Crippen molar-refractivity contribution in [2.45, 2.75) is 6.54 Å². The molecule has 0 saturated heterocycles. The van der Waals surface area contributed by atoms with Crippen LogP contribution in [-0.4, -0.2) is 27.4 Å². The summed E-state index contributed by atoms with van der Waals surface area (Å²) in [7, 11) is 1.37. The molecule has 2 aromatic heterocycles. The summed E-state index contributed by atoms with van der Waals surface area (Å²) in [5.74, 6) is -0.688. The van der Waals surface area contributed by atoms with Gasteiger partial charge in [-0.1, -0.05) is 18.2 Å². The number of halogens is 1. The Hall–Kier alpha value is -3.93. The molecule has 0 saturated carbocycles. The third kappa shape index (κ3) is 2.93. The molecule has 0 N–H and O–H groups in total. The fraction of sp³-hybridized carbons (Fsp3) is 0.0833. The molecule has 0 radical (unpaired) electrons. The number of fused-ring (bicyclic) bond motifs is 3. The second-order valence-corrected chi connectivity index (χ2v) is 7.05. The van der Waals surface area contributed by atoms with Crippen molar-refractivity contribution in [3.63, 3.8) is 0 Å². The van der Waals surface area contributed by atoms with Crippen molar-refractivity contribution in [1.29, 1.82) is 0 Å². The van der Waals surface area contributed by atoms with Crippen LogP contribution in [0.4, 0.5) is 4.39 Å². The van der Waals surface area contributed by atoms with Crippen molar-refractivity contribution in [1.82, 2.24) is 14.3 Å². The minimum Gasteiger partial charge on any atom is -0.466 e. The van der Waals surface area contributed by atoms with Gasteiger partial charge in [-0.25, -0.2) is 13.9 Å². The van der Waals surface area contributed by atoms with Crippen molar-refractivity contribution in [3.05, 3.63) is 90.0 Å². The van der Waals surface area contributed by atoms with Crippen LogP contribution in [0.2, 0.25) is 0 Å². The Balaban J connectivity index is 1.85. The van der Waals surface area contributed by atoms with Crippen LogP contribution in [-0.2, 0) is 16.1 Å². The van der Waals surface area contributed by atoms with Gasteiger partial charge in [-0.15, -0.1) is 0 Å². The second kappa shape index (κ2) is 7.15. The van der Waals surface area contributed by atoms with E-state index in [-0.39, 0.29) is 11.8 Å². The van der Waals surface area contributed by atoms with E-state index in [2.05, 4.69) is 0 Å². The number of benzene rings is 2. The van der Waals surface area contributed by atoms with E-state index < -0.39 is 0 Å². The highest BCUT2D eigenvalue weighted by molar-refractivity contribution is 5.97. The average Bonchev–Trinajstić information content (AvgIpc) is 3.35. The molecule has 5 nitrogen and oxygen atoms in total. The lowest BCUT2D eigenvalue weighted by atomic mass is 10.0. The number of methoxy groups -OCH3 is 1. The van der Waals surface area contributed by atoms with Crippen molar-refractivity contribution >= 4 is 12.0 Å². The van der Waals surface area contributed by atoms with Crippen molar-refractivity contribution in [3.8, 4) is 28.2 Å². The lowest BCUT2D eigenvalue weighted by Crippen LogP contribution is -2.11. The van der Waals surface area contributed by atoms with Crippen LogP contribution in [0.1, 0.15) is 5.69 Å². The maximum Gasteiger partial charge on any atom is 0.335 e. The Morgan fingerprint density at radius 1 is 1.03 bits per heavy atom. The largest absolute Gasteiger partial charge is 0.466 e. The summed E-state index contributed by atoms with van der Waals surface area (Å²) in [4.78, 5) is 12.4. The topological polar surface area (TPSA) is 49.0 Å². The number of carbonyl (C=O) groups excluding carboxylic acids is 1. The molecule has 0 spiro atoms. The first kappa shape index (κ1) is 18.1. The highest BCUT2D eigenvalue weighted by Gasteiger charge is 2.27. The molecule has 0 atom stereocenters. The van der Waals surface area contributed by atoms with Gasteiger partial charge >= 0.3 is 5.97 Å². The number of carbonyl (C=O) groups is 1. The van der Waals surface area contributed by atoms with Crippen LogP contribution in [0.3, 0.4) is 0 Å². The molecule has 4 aromatic rings. The number of hydrogen-bond acceptors (Lipinski definition) is 3. The van der Waals surface area contributed by atoms with Gasteiger partial charge in [0.15, 0.2) is 0 Å². The van der Waals surface area contributed by atoms with Crippen LogP contribution in [0.25, 0.3) is 34.3 Å². The van der Waals surface area contributed by atoms with E-state index >= 15 is 0 Å². The summed E-state index contributed by atoms with van der Waals surface area (Å²) in [6.07, 6.45) is 3.70. The lowest BCUT2D eigenvalue weighted by molar-refractivity contribution is -0.136. The number of ether oxygens (including phenoxy) is 1. The molecule has 5 rings (SSSR count). The predicted molar refractivity (Wildman–Crippen MR) is 112 cm³/mol. The van der Waals surface area contributed by atoms with E-state index in [9.17, 15) is 9.18 Å². The summed E-state index contributed by atoms with van der Waals surface area (Å²) in [6.45, 7) is 0.388. The summed E-state index contributed by atoms with van der Waals surface area (Å²) in [5.41, 5.74) is 5.52. The summed E-state index contributed by atoms with van der Waals surface area (Å²) in [5, 5.41) is 4.85. The smallest absolute Gasteiger partial charge is 0.335 e. The molecule has 148 valence electrons. The molecular weight excluding hydrogens is 381 g/mol. The molecule has 0 amide bonds. The number of nitrogens with zero attached hydrogens (tertiary/aromatic N) is 3. The van der Waals surface area contributed by atoms with Crippen LogP contribution in [0.15, 0.2) is 78.5 Å². The van der Waals surface area contributed by atoms with Crippen LogP contribution >= 0.6 is 0 Å². The molecule has 1 aliphatic heterocycles. The maximum absolute atomic E-state index is 13.6. The molecule has 0 fully saturated rings. The highest BCUT2D eigenvalue weighted by Crippen LogP contribution is 2.40. The molecule has 30 heavy (non-hydrogen) atoms. The van der Waals surface area contributed by atoms with E-state index in [1.807, 2.05) is 57.9 Å². The fourth-order valence-electron chi connectivity index (χ4n) is 3.85. The number of aromatic nitrogens is 3. The first-order valence-electron chi connectivity index (χ1n) is 9.54. The Bertz CT molecular complexity index is 1270. The average molecular weight is 399 g/mol. The zero-order valence-electron chi connectivity index (χ0n) is 16.2. The molecule has 0 bridgehead atoms. The number of esters is 1. The van der Waals surface area contributed by atoms with Gasteiger partial charge in [0, 0.05) is 11.8 Å². The van der Waals surface area contributed by atoms with E-state index in [1.54, 1.807) is 18.2 Å². The quantitative estimate of drug-likeness (QED) is 0.469. The normalized spacial score (nSPS) is 12.5. The Kier molecular flexibility index (Phi) is 4.32. The molecular formula is C24H18FN3O2. The number of para-hydroxylation sites is 1. The van der Waals surface area contributed by atoms with Gasteiger partial charge in [-0.2, -0.15) is 5.10 Å². The van der Waals surface area contributed by atoms with Crippen molar-refractivity contribution in [2.75, 3.05) is 7.11 Å². The van der Waals surface area contributed by atoms with E-state index in [0.29, 0.717) is 17.8 Å². The predicted octanol–water partition coefficient (Wildman–Crippen LogP) is 4.72. The molecule has 3 heterocycles. The maximum atomic E-state index is 13.6. The van der Waals surface area contributed by atoms with Gasteiger partial charge in [-0.05, 0) is 54.6 Å². The molecule has 6 heteroatoms. The van der Waals surface area contributed by atoms with Gasteiger partial charge < -0.3 is 9.30 Å². The minimum atomic E-state index is -0.389. The monoisotopic (exact) mass is 399 g/mol. The first-order chi connectivity index (χ1) is 14.7. The van der Waals surface area contributed by atoms with Gasteiger partial charge in [0.1, 0.15) is 5.82 Å². The lowest BCUT2D eigenvalue weighted by Gasteiger charge is -2.12. The second-order valence-electron chi connectivity index (χ2n) is 7.05. The van der Waals surface area contributed by atoms with E-state index in [1.165, 1.54) is 19.2 Å². The van der Waals surface area contributed by atoms with Crippen LogP contribution in [0.5, 0.6) is 0 Å². The summed E-state index contributed by atoms with van der Waals surface area (Å²) in [6, 6.07) is 20.0. The standard InChI is InChI=1S/C24H18FN3O2/c1-30-24(29)17-14-20-22(21-8-5-13-27(21)15-17)23(16-9-11-18(25)12-10-16)28(26-20)19-6-3-2-4-7-19/h2-14H,15H2,1H3. The molecule has 0 unspecified atom stereocenters. The first-order valence-corrected chi connectivity index (χ1v) is 9.54. The Labute approximate surface area is 172 Å². The van der Waals surface area contributed by atoms with Crippen molar-refractivity contribution in [2.24, 2.45) is 0 Å². The van der Waals surface area contributed by atoms with Gasteiger partial charge in [-0.3, -0.25) is 0 Å². The zero-order chi connectivity index (χ0) is 20.7. The van der Waals surface area contributed by atoms with Crippen molar-refractivity contribution < 1.29 is 13.9 Å². The number of hydrogen-bond donors (Lipinski definition) is 0. The third-order valence-electron chi connectivity index (χ3n) is 5.22. The molecule has 0 aliphatic carbocycles. The van der Waals surface area contributed by atoms with Crippen LogP contribution < -0.4 is 0 Å². The summed E-state index contributed by atoms with van der Waals surface area (Å²) < 4.78 is 22.4. The Morgan fingerprint density at radius 3 is 2.53 bits per heavy atom. The van der Waals surface area contributed by atoms with Gasteiger partial charge in [0.05, 0.1) is 47.6 Å². The van der Waals surface area contributed by atoms with Crippen LogP contribution in [0, 0.1) is 5.82 Å². The number of rotatable bonds is 3. The SMILES string of the molecule is COC(=O)C1=Cc2nn(-c3ccccc3)c(-c3ccc(F)cc3)c2-c2cccn2C1. The van der Waals surface area contributed by atoms with E-state index in [4.69, 9.17) is 9.84 Å². The van der Waals surface area contributed by atoms with Gasteiger partial charge in [0.2, 0.25) is 0 Å². The molecule has 2 aromatic carbocycles. The third-order valence-corrected chi connectivity index (χ3v) is 5.22. The van der Waals surface area contributed by atoms with Gasteiger partial charge in [0.25, 0.3) is 0 Å². The van der Waals surface area contributed by atoms with E-state index in [0.717, 1.165) is 28.2 Å². The highest BCUT2D eigenvalue weighted by atomic mass is 19.1. The Morgan fingerprint density at radius 2 is 1.80 bits per heavy atom. The molecule has 1 aliphatic rings. The zero-order valence-corrected chi connectivity index (χ0v) is 16.2. The summed E-state index contributed by atoms with van der Waals surface area (Å²) >= 11 is 0. The fourth-order valence-corrected chi connectivity index (χ4v) is 3.85. The minimum absolute atomic E-state index is 0.299.